The molecule has 0 spiro atoms. The maximum absolute atomic E-state index is 2.39. The van der Waals surface area contributed by atoms with Crippen molar-refractivity contribution in [3.63, 3.8) is 0 Å². The van der Waals surface area contributed by atoms with Gasteiger partial charge in [0, 0.05) is 0 Å². The van der Waals surface area contributed by atoms with Crippen LogP contribution in [-0.2, 0) is 0 Å². The summed E-state index contributed by atoms with van der Waals surface area (Å²) in [6.07, 6.45) is 12.1. The van der Waals surface area contributed by atoms with Crippen LogP contribution in [0.15, 0.2) is 0 Å². The number of rotatable bonds is 8. The maximum atomic E-state index is 2.39. The molecular weight excluding hydrogens is 144 g/mol. The van der Waals surface area contributed by atoms with E-state index in [0.29, 0.717) is 0 Å². The van der Waals surface area contributed by atoms with Gasteiger partial charge in [-0.15, -0.1) is 0 Å². The molecule has 0 aromatic heterocycles. The highest BCUT2D eigenvalue weighted by Crippen LogP contribution is 2.15. The standard InChI is InChI=1S/C12H25/c1-4-6-8-10-12(3)11-9-7-5-2/h4,12H,5-11H2,1-3H3. The molecule has 1 radical (unpaired) electrons. The van der Waals surface area contributed by atoms with Crippen molar-refractivity contribution in [2.24, 2.45) is 5.92 Å². The number of hydrogen-bond donors (Lipinski definition) is 0. The van der Waals surface area contributed by atoms with Crippen LogP contribution in [0, 0.1) is 12.3 Å². The summed E-state index contributed by atoms with van der Waals surface area (Å²) in [6.45, 7) is 6.82. The lowest BCUT2D eigenvalue weighted by molar-refractivity contribution is 0.450. The number of unbranched alkanes of at least 4 members (excludes halogenated alkanes) is 4. The Morgan fingerprint density at radius 3 is 2.33 bits per heavy atom. The maximum Gasteiger partial charge on any atom is -0.0417 e. The highest BCUT2D eigenvalue weighted by Gasteiger charge is 2.00. The minimum atomic E-state index is 0.955. The molecule has 0 nitrogen and oxygen atoms in total. The minimum Gasteiger partial charge on any atom is -0.0654 e. The molecule has 73 valence electrons. The first kappa shape index (κ1) is 12.0. The van der Waals surface area contributed by atoms with E-state index < -0.39 is 0 Å². The van der Waals surface area contributed by atoms with Crippen LogP contribution in [0.25, 0.3) is 0 Å². The quantitative estimate of drug-likeness (QED) is 0.466. The number of hydrogen-bond acceptors (Lipinski definition) is 0. The van der Waals surface area contributed by atoms with Gasteiger partial charge < -0.3 is 0 Å². The highest BCUT2D eigenvalue weighted by atomic mass is 14.1. The predicted molar refractivity (Wildman–Crippen MR) is 57.1 cm³/mol. The molecule has 12 heavy (non-hydrogen) atoms. The zero-order valence-electron chi connectivity index (χ0n) is 9.10. The summed E-state index contributed by atoms with van der Waals surface area (Å²) in [5.74, 6) is 0.955. The molecule has 0 N–H and O–H groups in total. The Hall–Kier alpha value is 0. The summed E-state index contributed by atoms with van der Waals surface area (Å²) >= 11 is 0. The van der Waals surface area contributed by atoms with Crippen molar-refractivity contribution in [3.8, 4) is 0 Å². The summed E-state index contributed by atoms with van der Waals surface area (Å²) in [6, 6.07) is 0. The third-order valence-corrected chi connectivity index (χ3v) is 2.49. The average Bonchev–Trinajstić information content (AvgIpc) is 2.06. The van der Waals surface area contributed by atoms with Crippen LogP contribution in [0.1, 0.15) is 65.7 Å². The van der Waals surface area contributed by atoms with E-state index in [2.05, 4.69) is 27.2 Å². The van der Waals surface area contributed by atoms with Gasteiger partial charge >= 0.3 is 0 Å². The third-order valence-electron chi connectivity index (χ3n) is 2.49. The fourth-order valence-corrected chi connectivity index (χ4v) is 1.56. The first-order valence-electron chi connectivity index (χ1n) is 5.59. The normalized spacial score (nSPS) is 11.0. The third kappa shape index (κ3) is 8.10. The van der Waals surface area contributed by atoms with Crippen molar-refractivity contribution in [3.05, 3.63) is 6.42 Å². The second-order valence-electron chi connectivity index (χ2n) is 3.94. The molecule has 0 saturated heterocycles. The van der Waals surface area contributed by atoms with Crippen LogP contribution in [0.5, 0.6) is 0 Å². The van der Waals surface area contributed by atoms with Gasteiger partial charge in [0.15, 0.2) is 0 Å². The van der Waals surface area contributed by atoms with Crippen LogP contribution in [-0.4, -0.2) is 0 Å². The molecule has 0 bridgehead atoms. The zero-order chi connectivity index (χ0) is 9.23. The Morgan fingerprint density at radius 1 is 1.08 bits per heavy atom. The van der Waals surface area contributed by atoms with Crippen LogP contribution in [0.3, 0.4) is 0 Å². The van der Waals surface area contributed by atoms with E-state index in [9.17, 15) is 0 Å². The van der Waals surface area contributed by atoms with Gasteiger partial charge in [-0.2, -0.15) is 0 Å². The molecule has 0 amide bonds. The molecule has 0 rings (SSSR count). The Labute approximate surface area is 78.8 Å². The largest absolute Gasteiger partial charge is 0.0654 e. The van der Waals surface area contributed by atoms with E-state index in [0.717, 1.165) is 5.92 Å². The molecule has 0 heterocycles. The Morgan fingerprint density at radius 2 is 1.75 bits per heavy atom. The van der Waals surface area contributed by atoms with Crippen molar-refractivity contribution >= 4 is 0 Å². The fraction of sp³-hybridized carbons (Fsp3) is 0.917. The van der Waals surface area contributed by atoms with E-state index in [1.165, 1.54) is 44.9 Å². The molecule has 1 atom stereocenters. The molecular formula is C12H25. The topological polar surface area (TPSA) is 0 Å². The van der Waals surface area contributed by atoms with Crippen LogP contribution < -0.4 is 0 Å². The Balaban J connectivity index is 3.04. The minimum absolute atomic E-state index is 0.955. The lowest BCUT2D eigenvalue weighted by Crippen LogP contribution is -1.94. The van der Waals surface area contributed by atoms with Crippen molar-refractivity contribution in [1.82, 2.24) is 0 Å². The summed E-state index contributed by atoms with van der Waals surface area (Å²) < 4.78 is 0. The molecule has 0 aliphatic heterocycles. The molecule has 1 unspecified atom stereocenters. The second kappa shape index (κ2) is 9.09. The van der Waals surface area contributed by atoms with Crippen molar-refractivity contribution in [2.45, 2.75) is 65.7 Å². The Bertz CT molecular complexity index is 66.1. The van der Waals surface area contributed by atoms with Crippen LogP contribution in [0.2, 0.25) is 0 Å². The van der Waals surface area contributed by atoms with Gasteiger partial charge in [-0.3, -0.25) is 0 Å². The second-order valence-corrected chi connectivity index (χ2v) is 3.94. The molecule has 0 saturated carbocycles. The zero-order valence-corrected chi connectivity index (χ0v) is 9.10. The Kier molecular flexibility index (Phi) is 9.09. The van der Waals surface area contributed by atoms with Gasteiger partial charge in [-0.05, 0) is 12.3 Å². The van der Waals surface area contributed by atoms with Crippen molar-refractivity contribution in [2.75, 3.05) is 0 Å². The molecule has 0 aliphatic rings. The summed E-state index contributed by atoms with van der Waals surface area (Å²) in [7, 11) is 0. The molecule has 0 aliphatic carbocycles. The predicted octanol–water partition coefficient (Wildman–Crippen LogP) is 4.60. The smallest absolute Gasteiger partial charge is 0.0417 e. The molecule has 0 aromatic carbocycles. The van der Waals surface area contributed by atoms with Crippen molar-refractivity contribution in [1.29, 1.82) is 0 Å². The van der Waals surface area contributed by atoms with Crippen molar-refractivity contribution < 1.29 is 0 Å². The monoisotopic (exact) mass is 169 g/mol. The van der Waals surface area contributed by atoms with Gasteiger partial charge in [0.25, 0.3) is 0 Å². The van der Waals surface area contributed by atoms with E-state index in [1.807, 2.05) is 0 Å². The molecule has 0 heteroatoms. The van der Waals surface area contributed by atoms with Gasteiger partial charge in [-0.25, -0.2) is 0 Å². The summed E-state index contributed by atoms with van der Waals surface area (Å²) in [5, 5.41) is 0. The van der Waals surface area contributed by atoms with Gasteiger partial charge in [0.1, 0.15) is 0 Å². The van der Waals surface area contributed by atoms with Gasteiger partial charge in [0.2, 0.25) is 0 Å². The highest BCUT2D eigenvalue weighted by molar-refractivity contribution is 4.59. The van der Waals surface area contributed by atoms with E-state index in [-0.39, 0.29) is 0 Å². The van der Waals surface area contributed by atoms with Gasteiger partial charge in [-0.1, -0.05) is 65.7 Å². The van der Waals surface area contributed by atoms with Crippen LogP contribution in [0.4, 0.5) is 0 Å². The fourth-order valence-electron chi connectivity index (χ4n) is 1.56. The van der Waals surface area contributed by atoms with E-state index in [1.54, 1.807) is 0 Å². The van der Waals surface area contributed by atoms with Crippen LogP contribution >= 0.6 is 0 Å². The average molecular weight is 169 g/mol. The summed E-state index contributed by atoms with van der Waals surface area (Å²) in [5.41, 5.74) is 0. The first-order valence-corrected chi connectivity index (χ1v) is 5.59. The molecule has 0 fully saturated rings. The summed E-state index contributed by atoms with van der Waals surface area (Å²) in [4.78, 5) is 0. The first-order chi connectivity index (χ1) is 5.81. The lowest BCUT2D eigenvalue weighted by atomic mass is 9.97. The SMILES string of the molecule is C[CH]CCCC(C)CCCCC. The molecule has 0 aromatic rings. The van der Waals surface area contributed by atoms with E-state index in [4.69, 9.17) is 0 Å². The lowest BCUT2D eigenvalue weighted by Gasteiger charge is -2.09. The van der Waals surface area contributed by atoms with Gasteiger partial charge in [0.05, 0.1) is 0 Å². The van der Waals surface area contributed by atoms with E-state index >= 15 is 0 Å².